The zero-order valence-corrected chi connectivity index (χ0v) is 9.70. The van der Waals surface area contributed by atoms with Gasteiger partial charge in [0.15, 0.2) is 5.69 Å². The first-order valence-electron chi connectivity index (χ1n) is 5.58. The summed E-state index contributed by atoms with van der Waals surface area (Å²) in [7, 11) is 0. The number of hydrogen-bond donors (Lipinski definition) is 0. The minimum Gasteiger partial charge on any atom is -0.488 e. The maximum absolute atomic E-state index is 11.0. The summed E-state index contributed by atoms with van der Waals surface area (Å²) >= 11 is 0. The first kappa shape index (κ1) is 11.3. The third-order valence-electron chi connectivity index (χ3n) is 3.08. The zero-order valence-electron chi connectivity index (χ0n) is 9.70. The van der Waals surface area contributed by atoms with Crippen LogP contribution in [0.15, 0.2) is 41.6 Å². The molecule has 2 aromatic rings. The van der Waals surface area contributed by atoms with Gasteiger partial charge in [-0.3, -0.25) is 10.1 Å². The second kappa shape index (κ2) is 4.16. The van der Waals surface area contributed by atoms with Crippen molar-refractivity contribution in [3.63, 3.8) is 0 Å². The van der Waals surface area contributed by atoms with Crippen LogP contribution < -0.4 is 4.74 Å². The molecule has 6 nitrogen and oxygen atoms in total. The van der Waals surface area contributed by atoms with Crippen molar-refractivity contribution in [2.24, 2.45) is 5.18 Å². The summed E-state index contributed by atoms with van der Waals surface area (Å²) in [6.07, 6.45) is 0. The van der Waals surface area contributed by atoms with Gasteiger partial charge in [0.2, 0.25) is 0 Å². The number of fused-ring (bicyclic) bond motifs is 3. The molecule has 19 heavy (non-hydrogen) atoms. The number of ether oxygens (including phenoxy) is 1. The molecule has 1 aliphatic heterocycles. The van der Waals surface area contributed by atoms with E-state index in [1.54, 1.807) is 12.1 Å². The van der Waals surface area contributed by atoms with Crippen molar-refractivity contribution < 1.29 is 9.66 Å². The van der Waals surface area contributed by atoms with Crippen molar-refractivity contribution in [3.8, 4) is 16.9 Å². The van der Waals surface area contributed by atoms with Crippen molar-refractivity contribution in [1.29, 1.82) is 0 Å². The molecule has 0 atom stereocenters. The molecule has 0 saturated heterocycles. The van der Waals surface area contributed by atoms with E-state index in [-0.39, 0.29) is 11.4 Å². The minimum absolute atomic E-state index is 0.186. The molecule has 0 fully saturated rings. The predicted octanol–water partition coefficient (Wildman–Crippen LogP) is 3.55. The largest absolute Gasteiger partial charge is 0.488 e. The fraction of sp³-hybridized carbons (Fsp3) is 0.0769. The van der Waals surface area contributed by atoms with E-state index in [1.807, 2.05) is 12.1 Å². The highest BCUT2D eigenvalue weighted by Gasteiger charge is 2.27. The second-order valence-corrected chi connectivity index (χ2v) is 4.10. The lowest BCUT2D eigenvalue weighted by Gasteiger charge is -2.21. The fourth-order valence-corrected chi connectivity index (χ4v) is 2.23. The third-order valence-corrected chi connectivity index (χ3v) is 3.08. The first-order chi connectivity index (χ1) is 9.22. The summed E-state index contributed by atoms with van der Waals surface area (Å²) in [5, 5.41) is 13.8. The summed E-state index contributed by atoms with van der Waals surface area (Å²) in [6, 6.07) is 10.0. The van der Waals surface area contributed by atoms with Crippen LogP contribution in [0, 0.1) is 15.0 Å². The molecule has 3 rings (SSSR count). The number of nitroso groups, excluding NO2 is 1. The number of rotatable bonds is 2. The summed E-state index contributed by atoms with van der Waals surface area (Å²) in [5.74, 6) is 0.443. The number of nitro groups is 1. The lowest BCUT2D eigenvalue weighted by atomic mass is 9.95. The Morgan fingerprint density at radius 3 is 2.74 bits per heavy atom. The van der Waals surface area contributed by atoms with E-state index < -0.39 is 4.92 Å². The number of benzene rings is 2. The molecule has 1 heterocycles. The van der Waals surface area contributed by atoms with E-state index in [0.717, 1.165) is 11.1 Å². The normalized spacial score (nSPS) is 12.0. The van der Waals surface area contributed by atoms with Gasteiger partial charge in [-0.05, 0) is 22.4 Å². The SMILES string of the molecule is O=Nc1c([N+](=O)[O-])ccc2c1-c1ccccc1CO2. The molecular formula is C13H8N2O4. The number of hydrogen-bond acceptors (Lipinski definition) is 5. The molecule has 94 valence electrons. The maximum Gasteiger partial charge on any atom is 0.299 e. The quantitative estimate of drug-likeness (QED) is 0.467. The van der Waals surface area contributed by atoms with E-state index >= 15 is 0 Å². The Labute approximate surface area is 107 Å². The van der Waals surface area contributed by atoms with Crippen LogP contribution >= 0.6 is 0 Å². The van der Waals surface area contributed by atoms with Gasteiger partial charge in [-0.1, -0.05) is 24.3 Å². The minimum atomic E-state index is -0.617. The lowest BCUT2D eigenvalue weighted by molar-refractivity contribution is -0.384. The van der Waals surface area contributed by atoms with E-state index in [0.29, 0.717) is 17.9 Å². The van der Waals surface area contributed by atoms with Crippen molar-refractivity contribution in [2.45, 2.75) is 6.61 Å². The summed E-state index contributed by atoms with van der Waals surface area (Å²) in [4.78, 5) is 21.3. The number of nitrogens with zero attached hydrogens (tertiary/aromatic N) is 2. The molecule has 0 saturated carbocycles. The zero-order chi connectivity index (χ0) is 13.4. The molecule has 0 aliphatic carbocycles. The van der Waals surface area contributed by atoms with Gasteiger partial charge in [-0.15, -0.1) is 4.91 Å². The second-order valence-electron chi connectivity index (χ2n) is 4.10. The molecule has 0 aromatic heterocycles. The fourth-order valence-electron chi connectivity index (χ4n) is 2.23. The topological polar surface area (TPSA) is 81.8 Å². The van der Waals surface area contributed by atoms with Crippen LogP contribution in [-0.2, 0) is 6.61 Å². The molecule has 0 bridgehead atoms. The Balaban J connectivity index is 2.36. The Morgan fingerprint density at radius 1 is 1.21 bits per heavy atom. The van der Waals surface area contributed by atoms with Gasteiger partial charge in [-0.25, -0.2) is 0 Å². The van der Waals surface area contributed by atoms with Crippen molar-refractivity contribution in [1.82, 2.24) is 0 Å². The van der Waals surface area contributed by atoms with Gasteiger partial charge >= 0.3 is 0 Å². The van der Waals surface area contributed by atoms with Crippen molar-refractivity contribution >= 4 is 11.4 Å². The summed E-state index contributed by atoms with van der Waals surface area (Å²) < 4.78 is 5.51. The molecule has 1 aliphatic rings. The van der Waals surface area contributed by atoms with Crippen LogP contribution in [0.1, 0.15) is 5.56 Å². The Kier molecular flexibility index (Phi) is 2.49. The smallest absolute Gasteiger partial charge is 0.299 e. The summed E-state index contributed by atoms with van der Waals surface area (Å²) in [5.41, 5.74) is 1.53. The van der Waals surface area contributed by atoms with E-state index in [9.17, 15) is 15.0 Å². The van der Waals surface area contributed by atoms with Gasteiger partial charge in [0.05, 0.1) is 10.5 Å². The molecule has 0 N–H and O–H groups in total. The van der Waals surface area contributed by atoms with Gasteiger partial charge in [0.25, 0.3) is 5.69 Å². The predicted molar refractivity (Wildman–Crippen MR) is 68.3 cm³/mol. The van der Waals surface area contributed by atoms with Crippen LogP contribution in [0.4, 0.5) is 11.4 Å². The molecular weight excluding hydrogens is 248 g/mol. The van der Waals surface area contributed by atoms with Crippen LogP contribution in [0.2, 0.25) is 0 Å². The average molecular weight is 256 g/mol. The van der Waals surface area contributed by atoms with Crippen LogP contribution in [0.5, 0.6) is 5.75 Å². The van der Waals surface area contributed by atoms with Gasteiger partial charge < -0.3 is 4.74 Å². The van der Waals surface area contributed by atoms with E-state index in [2.05, 4.69) is 5.18 Å². The molecule has 0 amide bonds. The lowest BCUT2D eigenvalue weighted by Crippen LogP contribution is -2.06. The highest BCUT2D eigenvalue weighted by Crippen LogP contribution is 2.47. The van der Waals surface area contributed by atoms with Crippen molar-refractivity contribution in [2.75, 3.05) is 0 Å². The summed E-state index contributed by atoms with van der Waals surface area (Å²) in [6.45, 7) is 0.374. The van der Waals surface area contributed by atoms with E-state index in [4.69, 9.17) is 4.74 Å². The number of nitro benzene ring substituents is 1. The Hall–Kier alpha value is -2.76. The van der Waals surface area contributed by atoms with Crippen LogP contribution in [0.3, 0.4) is 0 Å². The van der Waals surface area contributed by atoms with Gasteiger partial charge in [-0.2, -0.15) is 0 Å². The first-order valence-corrected chi connectivity index (χ1v) is 5.58. The van der Waals surface area contributed by atoms with Crippen molar-refractivity contribution in [3.05, 3.63) is 57.0 Å². The highest BCUT2D eigenvalue weighted by atomic mass is 16.6. The average Bonchev–Trinajstić information content (AvgIpc) is 2.45. The Bertz CT molecular complexity index is 697. The maximum atomic E-state index is 11.0. The van der Waals surface area contributed by atoms with Crippen LogP contribution in [0.25, 0.3) is 11.1 Å². The van der Waals surface area contributed by atoms with Gasteiger partial charge in [0, 0.05) is 6.07 Å². The molecule has 0 unspecified atom stereocenters. The highest BCUT2D eigenvalue weighted by molar-refractivity contribution is 5.89. The van der Waals surface area contributed by atoms with Gasteiger partial charge in [0.1, 0.15) is 12.4 Å². The standard InChI is InChI=1S/C13H8N2O4/c16-14-13-10(15(17)18)5-6-11-12(13)9-4-2-1-3-8(9)7-19-11/h1-6H,7H2. The third kappa shape index (κ3) is 1.65. The Morgan fingerprint density at radius 2 is 2.00 bits per heavy atom. The van der Waals surface area contributed by atoms with E-state index in [1.165, 1.54) is 12.1 Å². The molecule has 2 aromatic carbocycles. The molecule has 6 heteroatoms. The molecule has 0 spiro atoms. The van der Waals surface area contributed by atoms with Crippen LogP contribution in [-0.4, -0.2) is 4.92 Å². The molecule has 0 radical (unpaired) electrons. The monoisotopic (exact) mass is 256 g/mol.